The summed E-state index contributed by atoms with van der Waals surface area (Å²) in [5.74, 6) is 1.45. The molecule has 1 atom stereocenters. The standard InChI is InChI=1S/C31H33N7O2/c1-31(2,40)20-37-19-24(16-33-37)29-34-26-11-9-22(23-10-12-28(39)36(3)18-23)15-25(26)30(35-29)38-14-13-32-17-27(38)21-7-5-4-6-8-21/h4-12,15-16,18-19,27,32,40H,13-14,17,20H2,1-3H3. The maximum atomic E-state index is 12.0. The Morgan fingerprint density at radius 1 is 1.00 bits per heavy atom. The zero-order valence-corrected chi connectivity index (χ0v) is 23.0. The van der Waals surface area contributed by atoms with Crippen molar-refractivity contribution < 1.29 is 5.11 Å². The maximum Gasteiger partial charge on any atom is 0.250 e. The minimum absolute atomic E-state index is 0.0464. The molecule has 0 radical (unpaired) electrons. The first kappa shape index (κ1) is 25.9. The monoisotopic (exact) mass is 535 g/mol. The summed E-state index contributed by atoms with van der Waals surface area (Å²) in [4.78, 5) is 24.5. The van der Waals surface area contributed by atoms with Crippen LogP contribution < -0.4 is 15.8 Å². The molecule has 4 heterocycles. The highest BCUT2D eigenvalue weighted by atomic mass is 16.3. The molecular formula is C31H33N7O2. The molecule has 0 spiro atoms. The molecule has 40 heavy (non-hydrogen) atoms. The van der Waals surface area contributed by atoms with Gasteiger partial charge in [-0.3, -0.25) is 9.48 Å². The van der Waals surface area contributed by atoms with E-state index >= 15 is 0 Å². The van der Waals surface area contributed by atoms with Gasteiger partial charge in [0.05, 0.1) is 35.5 Å². The summed E-state index contributed by atoms with van der Waals surface area (Å²) in [6, 6.07) is 20.2. The fourth-order valence-electron chi connectivity index (χ4n) is 5.30. The van der Waals surface area contributed by atoms with Crippen LogP contribution in [0.2, 0.25) is 0 Å². The molecule has 9 nitrogen and oxygen atoms in total. The van der Waals surface area contributed by atoms with Gasteiger partial charge in [-0.05, 0) is 48.7 Å². The van der Waals surface area contributed by atoms with Gasteiger partial charge in [-0.15, -0.1) is 0 Å². The van der Waals surface area contributed by atoms with E-state index in [1.165, 1.54) is 5.56 Å². The number of pyridine rings is 1. The maximum absolute atomic E-state index is 12.0. The second-order valence-corrected chi connectivity index (χ2v) is 11.0. The van der Waals surface area contributed by atoms with E-state index in [0.29, 0.717) is 12.4 Å². The smallest absolute Gasteiger partial charge is 0.250 e. The van der Waals surface area contributed by atoms with Crippen molar-refractivity contribution in [2.24, 2.45) is 7.05 Å². The number of rotatable bonds is 6. The van der Waals surface area contributed by atoms with E-state index in [4.69, 9.17) is 9.97 Å². The molecule has 9 heteroatoms. The van der Waals surface area contributed by atoms with Gasteiger partial charge < -0.3 is 19.9 Å². The Morgan fingerprint density at radius 2 is 1.80 bits per heavy atom. The van der Waals surface area contributed by atoms with Crippen molar-refractivity contribution in [2.45, 2.75) is 32.0 Å². The van der Waals surface area contributed by atoms with Gasteiger partial charge in [-0.25, -0.2) is 9.97 Å². The summed E-state index contributed by atoms with van der Waals surface area (Å²) < 4.78 is 3.32. The highest BCUT2D eigenvalue weighted by Gasteiger charge is 2.28. The van der Waals surface area contributed by atoms with Crippen LogP contribution in [0.3, 0.4) is 0 Å². The van der Waals surface area contributed by atoms with Crippen LogP contribution in [0.1, 0.15) is 25.5 Å². The van der Waals surface area contributed by atoms with Crippen LogP contribution in [0.4, 0.5) is 5.82 Å². The Hall–Kier alpha value is -4.34. The zero-order valence-electron chi connectivity index (χ0n) is 23.0. The average molecular weight is 536 g/mol. The number of hydrogen-bond acceptors (Lipinski definition) is 7. The van der Waals surface area contributed by atoms with Gasteiger partial charge in [0.15, 0.2) is 5.82 Å². The second kappa shape index (κ2) is 10.3. The molecule has 3 aromatic heterocycles. The van der Waals surface area contributed by atoms with E-state index in [0.717, 1.165) is 53.0 Å². The van der Waals surface area contributed by atoms with E-state index in [1.54, 1.807) is 42.4 Å². The summed E-state index contributed by atoms with van der Waals surface area (Å²) in [5, 5.41) is 19.2. The molecule has 1 saturated heterocycles. The highest BCUT2D eigenvalue weighted by molar-refractivity contribution is 5.94. The summed E-state index contributed by atoms with van der Waals surface area (Å²) in [6.07, 6.45) is 5.49. The third kappa shape index (κ3) is 5.25. The summed E-state index contributed by atoms with van der Waals surface area (Å²) in [7, 11) is 1.76. The molecule has 0 amide bonds. The molecule has 204 valence electrons. The molecule has 0 aliphatic carbocycles. The lowest BCUT2D eigenvalue weighted by atomic mass is 10.0. The van der Waals surface area contributed by atoms with Gasteiger partial charge in [0.1, 0.15) is 5.82 Å². The van der Waals surface area contributed by atoms with Gasteiger partial charge in [-0.2, -0.15) is 5.10 Å². The molecular weight excluding hydrogens is 502 g/mol. The predicted octanol–water partition coefficient (Wildman–Crippen LogP) is 3.78. The molecule has 1 aliphatic heterocycles. The third-order valence-corrected chi connectivity index (χ3v) is 7.23. The number of anilines is 1. The van der Waals surface area contributed by atoms with E-state index < -0.39 is 5.60 Å². The Labute approximate surface area is 232 Å². The first-order valence-corrected chi connectivity index (χ1v) is 13.5. The third-order valence-electron chi connectivity index (χ3n) is 7.23. The number of aliphatic hydroxyl groups is 1. The highest BCUT2D eigenvalue weighted by Crippen LogP contribution is 2.35. The van der Waals surface area contributed by atoms with Crippen LogP contribution in [-0.2, 0) is 13.6 Å². The fourth-order valence-corrected chi connectivity index (χ4v) is 5.30. The van der Waals surface area contributed by atoms with Crippen LogP contribution >= 0.6 is 0 Å². The predicted molar refractivity (Wildman–Crippen MR) is 157 cm³/mol. The molecule has 5 aromatic rings. The number of aromatic nitrogens is 5. The molecule has 1 aliphatic rings. The van der Waals surface area contributed by atoms with Gasteiger partial charge in [0, 0.05) is 50.5 Å². The number of nitrogens with one attached hydrogen (secondary N) is 1. The Balaban J connectivity index is 1.52. The zero-order chi connectivity index (χ0) is 27.9. The lowest BCUT2D eigenvalue weighted by molar-refractivity contribution is 0.0577. The quantitative estimate of drug-likeness (QED) is 0.341. The Kier molecular flexibility index (Phi) is 6.69. The van der Waals surface area contributed by atoms with Gasteiger partial charge in [0.25, 0.3) is 0 Å². The molecule has 1 fully saturated rings. The van der Waals surface area contributed by atoms with Crippen molar-refractivity contribution in [2.75, 3.05) is 24.5 Å². The average Bonchev–Trinajstić information content (AvgIpc) is 3.41. The first-order valence-electron chi connectivity index (χ1n) is 13.5. The number of piperazine rings is 1. The van der Waals surface area contributed by atoms with E-state index in [9.17, 15) is 9.90 Å². The fraction of sp³-hybridized carbons (Fsp3) is 0.290. The van der Waals surface area contributed by atoms with Crippen molar-refractivity contribution in [3.8, 4) is 22.5 Å². The molecule has 0 bridgehead atoms. The topological polar surface area (TPSA) is 101 Å². The molecule has 0 saturated carbocycles. The van der Waals surface area contributed by atoms with Gasteiger partial charge in [0.2, 0.25) is 5.56 Å². The number of nitrogens with zero attached hydrogens (tertiary/aromatic N) is 6. The molecule has 1 unspecified atom stereocenters. The number of benzene rings is 2. The normalized spacial score (nSPS) is 16.0. The van der Waals surface area contributed by atoms with Crippen molar-refractivity contribution in [1.82, 2.24) is 29.6 Å². The van der Waals surface area contributed by atoms with Crippen LogP contribution in [0.5, 0.6) is 0 Å². The van der Waals surface area contributed by atoms with Crippen LogP contribution in [0, 0.1) is 0 Å². The van der Waals surface area contributed by atoms with Gasteiger partial charge >= 0.3 is 0 Å². The van der Waals surface area contributed by atoms with E-state index in [1.807, 2.05) is 36.7 Å². The lowest BCUT2D eigenvalue weighted by Crippen LogP contribution is -2.46. The van der Waals surface area contributed by atoms with Crippen LogP contribution in [-0.4, -0.2) is 54.7 Å². The van der Waals surface area contributed by atoms with E-state index in [2.05, 4.69) is 45.6 Å². The summed E-state index contributed by atoms with van der Waals surface area (Å²) in [6.45, 7) is 6.31. The molecule has 2 aromatic carbocycles. The van der Waals surface area contributed by atoms with Crippen LogP contribution in [0.25, 0.3) is 33.4 Å². The number of fused-ring (bicyclic) bond motifs is 1. The second-order valence-electron chi connectivity index (χ2n) is 11.0. The molecule has 2 N–H and O–H groups in total. The van der Waals surface area contributed by atoms with Crippen molar-refractivity contribution in [3.63, 3.8) is 0 Å². The van der Waals surface area contributed by atoms with Crippen molar-refractivity contribution >= 4 is 16.7 Å². The number of hydrogen-bond donors (Lipinski definition) is 2. The summed E-state index contributed by atoms with van der Waals surface area (Å²) in [5.41, 5.74) is 3.84. The largest absolute Gasteiger partial charge is 0.389 e. The SMILES string of the molecule is Cn1cc(-c2ccc3nc(-c4cnn(CC(C)(C)O)c4)nc(N4CCNCC4c4ccccc4)c3c2)ccc1=O. The number of aryl methyl sites for hydroxylation is 1. The van der Waals surface area contributed by atoms with Crippen molar-refractivity contribution in [3.05, 3.63) is 95.2 Å². The molecule has 6 rings (SSSR count). The Morgan fingerprint density at radius 3 is 2.58 bits per heavy atom. The van der Waals surface area contributed by atoms with Crippen LogP contribution in [0.15, 0.2) is 84.0 Å². The minimum Gasteiger partial charge on any atom is -0.389 e. The minimum atomic E-state index is -0.889. The van der Waals surface area contributed by atoms with Crippen molar-refractivity contribution in [1.29, 1.82) is 0 Å². The summed E-state index contributed by atoms with van der Waals surface area (Å²) >= 11 is 0. The van der Waals surface area contributed by atoms with E-state index in [-0.39, 0.29) is 11.6 Å². The lowest BCUT2D eigenvalue weighted by Gasteiger charge is -2.38. The first-order chi connectivity index (χ1) is 19.2. The Bertz CT molecular complexity index is 1720. The van der Waals surface area contributed by atoms with Gasteiger partial charge in [-0.1, -0.05) is 36.4 Å².